The van der Waals surface area contributed by atoms with E-state index in [0.29, 0.717) is 25.8 Å². The van der Waals surface area contributed by atoms with E-state index in [0.717, 1.165) is 5.71 Å². The van der Waals surface area contributed by atoms with E-state index in [2.05, 4.69) is 5.16 Å². The number of rotatable bonds is 1. The zero-order valence-corrected chi connectivity index (χ0v) is 16.3. The lowest BCUT2D eigenvalue weighted by Gasteiger charge is -2.42. The minimum absolute atomic E-state index is 0.349. The van der Waals surface area contributed by atoms with Crippen molar-refractivity contribution in [3.63, 3.8) is 0 Å². The van der Waals surface area contributed by atoms with Crippen molar-refractivity contribution in [2.24, 2.45) is 5.16 Å². The molecule has 2 aliphatic heterocycles. The molecule has 1 amide bonds. The van der Waals surface area contributed by atoms with Gasteiger partial charge in [0.1, 0.15) is 22.8 Å². The maximum atomic E-state index is 12.8. The van der Waals surface area contributed by atoms with Gasteiger partial charge in [-0.3, -0.25) is 4.90 Å². The highest BCUT2D eigenvalue weighted by molar-refractivity contribution is 5.85. The van der Waals surface area contributed by atoms with E-state index < -0.39 is 34.9 Å². The summed E-state index contributed by atoms with van der Waals surface area (Å²) in [7, 11) is 0. The molecule has 2 rings (SSSR count). The molecule has 1 saturated heterocycles. The highest BCUT2D eigenvalue weighted by Gasteiger charge is 2.50. The van der Waals surface area contributed by atoms with Crippen molar-refractivity contribution < 1.29 is 23.9 Å². The largest absolute Gasteiger partial charge is 0.458 e. The van der Waals surface area contributed by atoms with Gasteiger partial charge in [-0.1, -0.05) is 5.16 Å². The highest BCUT2D eigenvalue weighted by Crippen LogP contribution is 2.38. The lowest BCUT2D eigenvalue weighted by Crippen LogP contribution is -2.57. The summed E-state index contributed by atoms with van der Waals surface area (Å²) in [5, 5.41) is 4.04. The molecule has 0 aromatic rings. The van der Waals surface area contributed by atoms with E-state index in [1.165, 1.54) is 4.90 Å². The molecule has 25 heavy (non-hydrogen) atoms. The number of hydrogen-bond donors (Lipinski definition) is 0. The number of amides is 1. The van der Waals surface area contributed by atoms with Crippen LogP contribution in [-0.2, 0) is 19.1 Å². The number of nitrogens with zero attached hydrogens (tertiary/aromatic N) is 2. The molecule has 2 aliphatic rings. The quantitative estimate of drug-likeness (QED) is 0.676. The third kappa shape index (κ3) is 5.09. The maximum Gasteiger partial charge on any atom is 0.411 e. The van der Waals surface area contributed by atoms with Crippen LogP contribution in [0.25, 0.3) is 0 Å². The molecule has 2 heterocycles. The highest BCUT2D eigenvalue weighted by atomic mass is 16.7. The van der Waals surface area contributed by atoms with Gasteiger partial charge < -0.3 is 14.3 Å². The average Bonchev–Trinajstić information content (AvgIpc) is 2.75. The fourth-order valence-corrected chi connectivity index (χ4v) is 3.11. The topological polar surface area (TPSA) is 77.4 Å². The van der Waals surface area contributed by atoms with Crippen LogP contribution < -0.4 is 0 Å². The van der Waals surface area contributed by atoms with Gasteiger partial charge in [-0.2, -0.15) is 0 Å². The zero-order valence-electron chi connectivity index (χ0n) is 16.3. The van der Waals surface area contributed by atoms with Crippen LogP contribution in [0.15, 0.2) is 5.16 Å². The molecule has 1 spiro atoms. The van der Waals surface area contributed by atoms with Crippen LogP contribution in [0.5, 0.6) is 0 Å². The van der Waals surface area contributed by atoms with Gasteiger partial charge in [-0.15, -0.1) is 0 Å². The van der Waals surface area contributed by atoms with E-state index in [9.17, 15) is 9.59 Å². The summed E-state index contributed by atoms with van der Waals surface area (Å²) >= 11 is 0. The summed E-state index contributed by atoms with van der Waals surface area (Å²) in [4.78, 5) is 32.4. The van der Waals surface area contributed by atoms with Gasteiger partial charge in [0.2, 0.25) is 0 Å². The lowest BCUT2D eigenvalue weighted by atomic mass is 9.83. The summed E-state index contributed by atoms with van der Waals surface area (Å²) in [5.74, 6) is -0.439. The van der Waals surface area contributed by atoms with Crippen molar-refractivity contribution in [3.05, 3.63) is 0 Å². The standard InChI is InChI=1S/C18H30N2O5/c1-12-10-18(25-19-12)8-9-20(15(22)24-17(5,6)7)13(11-18)14(21)23-16(2,3)4/h13H,8-11H2,1-7H3/t13-,18+/m0/s1. The SMILES string of the molecule is CC1=NO[C@]2(CCN(C(=O)OC(C)(C)C)[C@H](C(=O)OC(C)(C)C)C2)C1. The zero-order chi connectivity index (χ0) is 19.0. The molecule has 0 N–H and O–H groups in total. The van der Waals surface area contributed by atoms with Gasteiger partial charge in [-0.05, 0) is 48.5 Å². The first-order valence-electron chi connectivity index (χ1n) is 8.74. The Morgan fingerprint density at radius 3 is 2.24 bits per heavy atom. The molecule has 7 nitrogen and oxygen atoms in total. The van der Waals surface area contributed by atoms with Crippen molar-refractivity contribution in [2.45, 2.75) is 90.6 Å². The molecule has 0 aliphatic carbocycles. The van der Waals surface area contributed by atoms with Gasteiger partial charge in [0.25, 0.3) is 0 Å². The molecule has 142 valence electrons. The minimum atomic E-state index is -0.746. The Hall–Kier alpha value is -1.79. The van der Waals surface area contributed by atoms with Gasteiger partial charge in [0, 0.05) is 25.8 Å². The molecule has 0 aromatic carbocycles. The first kappa shape index (κ1) is 19.5. The van der Waals surface area contributed by atoms with E-state index >= 15 is 0 Å². The van der Waals surface area contributed by atoms with E-state index in [1.807, 2.05) is 6.92 Å². The molecular formula is C18H30N2O5. The third-order valence-electron chi connectivity index (χ3n) is 4.03. The molecule has 1 fully saturated rings. The van der Waals surface area contributed by atoms with E-state index in [1.54, 1.807) is 41.5 Å². The van der Waals surface area contributed by atoms with Gasteiger partial charge in [-0.25, -0.2) is 9.59 Å². The molecule has 7 heteroatoms. The number of ether oxygens (including phenoxy) is 2. The number of carbonyl (C=O) groups is 2. The van der Waals surface area contributed by atoms with Gasteiger partial charge >= 0.3 is 12.1 Å². The molecular weight excluding hydrogens is 324 g/mol. The summed E-state index contributed by atoms with van der Waals surface area (Å²) in [5.41, 5.74) is -0.906. The van der Waals surface area contributed by atoms with Crippen LogP contribution in [0.3, 0.4) is 0 Å². The number of oxime groups is 1. The smallest absolute Gasteiger partial charge is 0.411 e. The maximum absolute atomic E-state index is 12.8. The van der Waals surface area contributed by atoms with E-state index in [-0.39, 0.29) is 0 Å². The Balaban J connectivity index is 2.20. The Kier molecular flexibility index (Phi) is 5.08. The number of carbonyl (C=O) groups excluding carboxylic acids is 2. The summed E-state index contributed by atoms with van der Waals surface area (Å²) < 4.78 is 11.0. The predicted molar refractivity (Wildman–Crippen MR) is 93.3 cm³/mol. The molecule has 0 bridgehead atoms. The number of esters is 1. The van der Waals surface area contributed by atoms with Crippen molar-refractivity contribution in [1.82, 2.24) is 4.90 Å². The Morgan fingerprint density at radius 2 is 1.76 bits per heavy atom. The Bertz CT molecular complexity index is 573. The van der Waals surface area contributed by atoms with Crippen molar-refractivity contribution >= 4 is 17.8 Å². The Morgan fingerprint density at radius 1 is 1.16 bits per heavy atom. The Labute approximate surface area is 149 Å². The van der Waals surface area contributed by atoms with Crippen molar-refractivity contribution in [1.29, 1.82) is 0 Å². The third-order valence-corrected chi connectivity index (χ3v) is 4.03. The molecule has 0 radical (unpaired) electrons. The summed E-state index contributed by atoms with van der Waals surface area (Å²) in [6, 6.07) is -0.746. The molecule has 2 atom stereocenters. The minimum Gasteiger partial charge on any atom is -0.458 e. The monoisotopic (exact) mass is 354 g/mol. The van der Waals surface area contributed by atoms with Crippen molar-refractivity contribution in [2.75, 3.05) is 6.54 Å². The average molecular weight is 354 g/mol. The second kappa shape index (κ2) is 6.50. The van der Waals surface area contributed by atoms with Crippen LogP contribution in [0.4, 0.5) is 4.79 Å². The normalized spacial score (nSPS) is 26.9. The van der Waals surface area contributed by atoms with Crippen LogP contribution in [0.2, 0.25) is 0 Å². The summed E-state index contributed by atoms with van der Waals surface area (Å²) in [6.45, 7) is 13.1. The molecule has 0 aromatic heterocycles. The number of likely N-dealkylation sites (tertiary alicyclic amines) is 1. The summed E-state index contributed by atoms with van der Waals surface area (Å²) in [6.07, 6.45) is 1.11. The first-order valence-corrected chi connectivity index (χ1v) is 8.74. The van der Waals surface area contributed by atoms with Gasteiger partial charge in [0.05, 0.1) is 5.71 Å². The van der Waals surface area contributed by atoms with Crippen LogP contribution >= 0.6 is 0 Å². The second-order valence-electron chi connectivity index (χ2n) is 8.95. The number of piperidine rings is 1. The van der Waals surface area contributed by atoms with Crippen LogP contribution in [0.1, 0.15) is 67.7 Å². The fraction of sp³-hybridized carbons (Fsp3) is 0.833. The first-order chi connectivity index (χ1) is 11.3. The second-order valence-corrected chi connectivity index (χ2v) is 8.95. The number of hydrogen-bond acceptors (Lipinski definition) is 6. The van der Waals surface area contributed by atoms with Crippen LogP contribution in [0, 0.1) is 0 Å². The van der Waals surface area contributed by atoms with Gasteiger partial charge in [0.15, 0.2) is 0 Å². The molecule has 0 saturated carbocycles. The van der Waals surface area contributed by atoms with Crippen molar-refractivity contribution in [3.8, 4) is 0 Å². The predicted octanol–water partition coefficient (Wildman–Crippen LogP) is 3.26. The van der Waals surface area contributed by atoms with Crippen LogP contribution in [-0.4, -0.2) is 52.1 Å². The molecule has 0 unspecified atom stereocenters. The van der Waals surface area contributed by atoms with E-state index in [4.69, 9.17) is 14.3 Å². The lowest BCUT2D eigenvalue weighted by molar-refractivity contribution is -0.168. The fourth-order valence-electron chi connectivity index (χ4n) is 3.11.